The topological polar surface area (TPSA) is 76.2 Å². The summed E-state index contributed by atoms with van der Waals surface area (Å²) in [6, 6.07) is 4.23. The molecule has 0 aliphatic carbocycles. The van der Waals surface area contributed by atoms with E-state index in [4.69, 9.17) is 4.74 Å². The van der Waals surface area contributed by atoms with Crippen LogP contribution in [0, 0.1) is 0 Å². The highest BCUT2D eigenvalue weighted by Gasteiger charge is 2.37. The fourth-order valence-corrected chi connectivity index (χ4v) is 3.90. The summed E-state index contributed by atoms with van der Waals surface area (Å²) in [6.45, 7) is -0.0756. The minimum absolute atomic E-state index is 0.102. The highest BCUT2D eigenvalue weighted by Crippen LogP contribution is 2.35. The highest BCUT2D eigenvalue weighted by atomic mass is 32.2. The maximum Gasteiger partial charge on any atom is 0.387 e. The van der Waals surface area contributed by atoms with Crippen LogP contribution in [0.4, 0.5) is 13.6 Å². The Bertz CT molecular complexity index is 840. The van der Waals surface area contributed by atoms with E-state index in [9.17, 15) is 23.2 Å². The van der Waals surface area contributed by atoms with Gasteiger partial charge in [0.05, 0.1) is 11.5 Å². The lowest BCUT2D eigenvalue weighted by Crippen LogP contribution is -2.40. The maximum absolute atomic E-state index is 12.6. The van der Waals surface area contributed by atoms with Crippen LogP contribution in [0.3, 0.4) is 0 Å². The van der Waals surface area contributed by atoms with E-state index in [1.165, 1.54) is 24.3 Å². The summed E-state index contributed by atoms with van der Waals surface area (Å²) >= 11 is 0.731. The van der Waals surface area contributed by atoms with Crippen LogP contribution in [0.25, 0.3) is 6.08 Å². The van der Waals surface area contributed by atoms with Crippen molar-refractivity contribution in [2.45, 2.75) is 26.4 Å². The second-order valence-electron chi connectivity index (χ2n) is 6.37. The molecule has 1 aromatic carbocycles. The normalized spacial score (nSPS) is 18.3. The number of nitrogens with zero attached hydrogens (tertiary/aromatic N) is 2. The van der Waals surface area contributed by atoms with Gasteiger partial charge in [-0.05, 0) is 55.3 Å². The summed E-state index contributed by atoms with van der Waals surface area (Å²) in [5.41, 5.74) is 0.478. The van der Waals surface area contributed by atoms with Crippen molar-refractivity contribution in [1.82, 2.24) is 9.80 Å². The summed E-state index contributed by atoms with van der Waals surface area (Å²) in [5, 5.41) is -0.517. The van der Waals surface area contributed by atoms with Crippen molar-refractivity contribution in [2.75, 3.05) is 26.2 Å². The zero-order chi connectivity index (χ0) is 21.0. The molecule has 2 aliphatic rings. The third-order valence-corrected chi connectivity index (χ3v) is 5.31. The molecule has 0 unspecified atom stereocenters. The number of halogens is 2. The average molecular weight is 426 g/mol. The number of ether oxygens (including phenoxy) is 2. The van der Waals surface area contributed by atoms with Gasteiger partial charge in [-0.3, -0.25) is 19.3 Å². The van der Waals surface area contributed by atoms with Crippen molar-refractivity contribution >= 4 is 34.9 Å². The lowest BCUT2D eigenvalue weighted by Gasteiger charge is -2.18. The number of thioether (sulfide) groups is 1. The Morgan fingerprint density at radius 1 is 1.24 bits per heavy atom. The lowest BCUT2D eigenvalue weighted by atomic mass is 10.2. The molecule has 2 fully saturated rings. The predicted molar refractivity (Wildman–Crippen MR) is 103 cm³/mol. The second kappa shape index (κ2) is 9.25. The molecule has 0 bridgehead atoms. The zero-order valence-corrected chi connectivity index (χ0v) is 16.5. The molecule has 29 heavy (non-hydrogen) atoms. The summed E-state index contributed by atoms with van der Waals surface area (Å²) in [6.07, 6.45) is 3.29. The number of hydrogen-bond donors (Lipinski definition) is 0. The summed E-state index contributed by atoms with van der Waals surface area (Å²) in [5.74, 6) is -0.829. The molecule has 2 heterocycles. The van der Waals surface area contributed by atoms with Crippen LogP contribution in [0.1, 0.15) is 25.3 Å². The molecule has 0 saturated carbocycles. The van der Waals surface area contributed by atoms with Crippen molar-refractivity contribution < 1.29 is 32.6 Å². The number of alkyl halides is 2. The molecule has 1 aromatic rings. The van der Waals surface area contributed by atoms with Gasteiger partial charge < -0.3 is 14.4 Å². The van der Waals surface area contributed by atoms with Crippen molar-refractivity contribution in [3.05, 3.63) is 28.7 Å². The number of amides is 3. The monoisotopic (exact) mass is 426 g/mol. The standard InChI is InChI=1S/C19H20F2N2O5S/c1-2-27-14-9-12(5-6-13(14)28-18(20)21)10-15-17(25)23(19(26)29-15)11-16(24)22-7-3-4-8-22/h5-6,9-10,18H,2-4,7-8,11H2,1H3/b15-10-. The van der Waals surface area contributed by atoms with Gasteiger partial charge in [0.1, 0.15) is 6.54 Å². The first kappa shape index (κ1) is 21.1. The van der Waals surface area contributed by atoms with E-state index in [0.717, 1.165) is 29.5 Å². The van der Waals surface area contributed by atoms with Gasteiger partial charge in [0.15, 0.2) is 11.5 Å². The molecule has 156 valence electrons. The van der Waals surface area contributed by atoms with Crippen molar-refractivity contribution in [3.63, 3.8) is 0 Å². The van der Waals surface area contributed by atoms with Gasteiger partial charge in [0.2, 0.25) is 5.91 Å². The fourth-order valence-electron chi connectivity index (χ4n) is 3.07. The van der Waals surface area contributed by atoms with Crippen molar-refractivity contribution in [2.24, 2.45) is 0 Å². The van der Waals surface area contributed by atoms with Crippen LogP contribution in [-0.4, -0.2) is 59.7 Å². The van der Waals surface area contributed by atoms with Gasteiger partial charge in [-0.25, -0.2) is 0 Å². The van der Waals surface area contributed by atoms with E-state index in [1.54, 1.807) is 11.8 Å². The van der Waals surface area contributed by atoms with E-state index in [0.29, 0.717) is 18.7 Å². The number of benzene rings is 1. The molecular weight excluding hydrogens is 406 g/mol. The first-order valence-corrected chi connectivity index (χ1v) is 9.95. The largest absolute Gasteiger partial charge is 0.490 e. The molecular formula is C19H20F2N2O5S. The molecule has 3 amide bonds. The Hall–Kier alpha value is -2.62. The second-order valence-corrected chi connectivity index (χ2v) is 7.37. The van der Waals surface area contributed by atoms with Gasteiger partial charge in [-0.1, -0.05) is 6.07 Å². The number of hydrogen-bond acceptors (Lipinski definition) is 6. The molecule has 0 atom stereocenters. The first-order chi connectivity index (χ1) is 13.9. The third kappa shape index (κ3) is 5.06. The molecule has 0 aromatic heterocycles. The number of carbonyl (C=O) groups excluding carboxylic acids is 3. The Kier molecular flexibility index (Phi) is 6.73. The third-order valence-electron chi connectivity index (χ3n) is 4.41. The molecule has 7 nitrogen and oxygen atoms in total. The minimum atomic E-state index is -3.00. The van der Waals surface area contributed by atoms with Gasteiger partial charge in [0.25, 0.3) is 11.1 Å². The van der Waals surface area contributed by atoms with Crippen LogP contribution in [0.5, 0.6) is 11.5 Å². The van der Waals surface area contributed by atoms with E-state index < -0.39 is 17.8 Å². The minimum Gasteiger partial charge on any atom is -0.490 e. The van der Waals surface area contributed by atoms with E-state index in [2.05, 4.69) is 4.74 Å². The molecule has 0 N–H and O–H groups in total. The van der Waals surface area contributed by atoms with Crippen molar-refractivity contribution in [3.8, 4) is 11.5 Å². The number of imide groups is 1. The van der Waals surface area contributed by atoms with Crippen LogP contribution in [0.15, 0.2) is 23.1 Å². The molecule has 2 aliphatic heterocycles. The van der Waals surface area contributed by atoms with E-state index in [-0.39, 0.29) is 35.5 Å². The number of rotatable bonds is 7. The molecule has 10 heteroatoms. The molecule has 3 rings (SSSR count). The summed E-state index contributed by atoms with van der Waals surface area (Å²) < 4.78 is 34.8. The SMILES string of the molecule is CCOc1cc(/C=C2\SC(=O)N(CC(=O)N3CCCC3)C2=O)ccc1OC(F)F. The van der Waals surface area contributed by atoms with Gasteiger partial charge >= 0.3 is 6.61 Å². The first-order valence-electron chi connectivity index (χ1n) is 9.14. The fraction of sp³-hybridized carbons (Fsp3) is 0.421. The Morgan fingerprint density at radius 2 is 1.97 bits per heavy atom. The zero-order valence-electron chi connectivity index (χ0n) is 15.7. The molecule has 0 spiro atoms. The van der Waals surface area contributed by atoms with Gasteiger partial charge in [-0.15, -0.1) is 0 Å². The summed E-state index contributed by atoms with van der Waals surface area (Å²) in [4.78, 5) is 39.8. The van der Waals surface area contributed by atoms with E-state index in [1.807, 2.05) is 0 Å². The average Bonchev–Trinajstić information content (AvgIpc) is 3.29. The highest BCUT2D eigenvalue weighted by molar-refractivity contribution is 8.18. The predicted octanol–water partition coefficient (Wildman–Crippen LogP) is 3.35. The maximum atomic E-state index is 12.6. The Labute approximate surface area is 170 Å². The smallest absolute Gasteiger partial charge is 0.387 e. The van der Waals surface area contributed by atoms with Crippen LogP contribution < -0.4 is 9.47 Å². The van der Waals surface area contributed by atoms with E-state index >= 15 is 0 Å². The summed E-state index contributed by atoms with van der Waals surface area (Å²) in [7, 11) is 0. The van der Waals surface area contributed by atoms with Crippen LogP contribution in [0.2, 0.25) is 0 Å². The Balaban J connectivity index is 1.76. The lowest BCUT2D eigenvalue weighted by molar-refractivity contribution is -0.135. The quantitative estimate of drug-likeness (QED) is 0.623. The van der Waals surface area contributed by atoms with Crippen LogP contribution in [-0.2, 0) is 9.59 Å². The molecule has 2 saturated heterocycles. The van der Waals surface area contributed by atoms with Crippen LogP contribution >= 0.6 is 11.8 Å². The Morgan fingerprint density at radius 3 is 2.62 bits per heavy atom. The van der Waals surface area contributed by atoms with Gasteiger partial charge in [0, 0.05) is 13.1 Å². The van der Waals surface area contributed by atoms with Gasteiger partial charge in [-0.2, -0.15) is 8.78 Å². The van der Waals surface area contributed by atoms with Crippen molar-refractivity contribution in [1.29, 1.82) is 0 Å². The molecule has 0 radical (unpaired) electrons. The number of carbonyl (C=O) groups is 3. The number of likely N-dealkylation sites (tertiary alicyclic amines) is 1.